The molecule has 0 unspecified atom stereocenters. The molecule has 0 aliphatic carbocycles. The van der Waals surface area contributed by atoms with Crippen LogP contribution in [-0.2, 0) is 22.3 Å². The number of halogens is 1. The van der Waals surface area contributed by atoms with E-state index in [4.69, 9.17) is 0 Å². The fraction of sp³-hybridized carbons (Fsp3) is 0.235. The summed E-state index contributed by atoms with van der Waals surface area (Å²) in [4.78, 5) is 26.5. The number of amides is 1. The lowest BCUT2D eigenvalue weighted by Gasteiger charge is -2.07. The van der Waals surface area contributed by atoms with Crippen molar-refractivity contribution in [1.29, 1.82) is 0 Å². The topological polar surface area (TPSA) is 77.5 Å². The molecule has 1 amide bonds. The minimum atomic E-state index is -0.702. The van der Waals surface area contributed by atoms with E-state index in [1.54, 1.807) is 18.3 Å². The second-order valence-electron chi connectivity index (χ2n) is 4.97. The highest BCUT2D eigenvalue weighted by Gasteiger charge is 2.12. The minimum absolute atomic E-state index is 0.0882. The van der Waals surface area contributed by atoms with Gasteiger partial charge < -0.3 is 9.47 Å². The Morgan fingerprint density at radius 1 is 1.08 bits per heavy atom. The van der Waals surface area contributed by atoms with Crippen LogP contribution in [0.5, 0.6) is 0 Å². The average molecular weight is 332 g/mol. The van der Waals surface area contributed by atoms with E-state index in [1.807, 2.05) is 6.07 Å². The van der Waals surface area contributed by atoms with Gasteiger partial charge in [0.2, 0.25) is 0 Å². The van der Waals surface area contributed by atoms with Crippen molar-refractivity contribution in [3.05, 3.63) is 59.0 Å². The summed E-state index contributed by atoms with van der Waals surface area (Å²) in [6.07, 6.45) is 2.16. The lowest BCUT2D eigenvalue weighted by molar-refractivity contribution is 0.0595. The third-order valence-electron chi connectivity index (χ3n) is 3.38. The Morgan fingerprint density at radius 3 is 2.42 bits per heavy atom. The van der Waals surface area contributed by atoms with E-state index < -0.39 is 17.9 Å². The van der Waals surface area contributed by atoms with Gasteiger partial charge in [0.05, 0.1) is 19.8 Å². The standard InChI is InChI=1S/C17H17FN2O4/c1-23-16(21)13-6-5-11(9-14(13)18)3-4-12-7-8-19-15(10-12)20-17(22)24-2/h5-10H,3-4H2,1-2H3,(H,19,20,22). The fourth-order valence-electron chi connectivity index (χ4n) is 2.13. The van der Waals surface area contributed by atoms with Crippen LogP contribution in [0.25, 0.3) is 0 Å². The van der Waals surface area contributed by atoms with Crippen molar-refractivity contribution in [3.8, 4) is 0 Å². The first kappa shape index (κ1) is 17.4. The molecular weight excluding hydrogens is 315 g/mol. The molecule has 2 rings (SSSR count). The van der Waals surface area contributed by atoms with Crippen LogP contribution in [0.3, 0.4) is 0 Å². The summed E-state index contributed by atoms with van der Waals surface area (Å²) in [5.41, 5.74) is 1.59. The second kappa shape index (κ2) is 8.05. The molecule has 0 radical (unpaired) electrons. The zero-order valence-electron chi connectivity index (χ0n) is 13.3. The van der Waals surface area contributed by atoms with Crippen LogP contribution in [0.15, 0.2) is 36.5 Å². The number of anilines is 1. The number of aromatic nitrogens is 1. The SMILES string of the molecule is COC(=O)Nc1cc(CCc2ccc(C(=O)OC)c(F)c2)ccn1. The number of hydrogen-bond donors (Lipinski definition) is 1. The number of ether oxygens (including phenoxy) is 2. The fourth-order valence-corrected chi connectivity index (χ4v) is 2.13. The number of esters is 1. The van der Waals surface area contributed by atoms with Gasteiger partial charge in [-0.2, -0.15) is 0 Å². The first-order chi connectivity index (χ1) is 11.5. The van der Waals surface area contributed by atoms with Crippen molar-refractivity contribution in [2.75, 3.05) is 19.5 Å². The maximum Gasteiger partial charge on any atom is 0.412 e. The molecule has 0 aliphatic rings. The molecule has 1 aromatic carbocycles. The molecule has 24 heavy (non-hydrogen) atoms. The summed E-state index contributed by atoms with van der Waals surface area (Å²) in [6.45, 7) is 0. The molecule has 0 fully saturated rings. The molecule has 0 saturated carbocycles. The Bertz CT molecular complexity index is 749. The monoisotopic (exact) mass is 332 g/mol. The number of rotatable bonds is 5. The van der Waals surface area contributed by atoms with E-state index in [0.29, 0.717) is 18.7 Å². The van der Waals surface area contributed by atoms with Crippen LogP contribution < -0.4 is 5.32 Å². The number of methoxy groups -OCH3 is 2. The Hall–Kier alpha value is -2.96. The number of pyridine rings is 1. The van der Waals surface area contributed by atoms with Gasteiger partial charge in [-0.15, -0.1) is 0 Å². The van der Waals surface area contributed by atoms with Crippen molar-refractivity contribution in [2.45, 2.75) is 12.8 Å². The smallest absolute Gasteiger partial charge is 0.412 e. The molecule has 2 aromatic rings. The van der Waals surface area contributed by atoms with Crippen molar-refractivity contribution >= 4 is 17.9 Å². The zero-order chi connectivity index (χ0) is 17.5. The van der Waals surface area contributed by atoms with E-state index in [9.17, 15) is 14.0 Å². The predicted octanol–water partition coefficient (Wildman–Crippen LogP) is 2.97. The van der Waals surface area contributed by atoms with Crippen LogP contribution in [0, 0.1) is 5.82 Å². The number of nitrogens with one attached hydrogen (secondary N) is 1. The average Bonchev–Trinajstić information content (AvgIpc) is 2.59. The molecule has 6 nitrogen and oxygen atoms in total. The molecule has 0 aliphatic heterocycles. The molecule has 1 aromatic heterocycles. The number of aryl methyl sites for hydroxylation is 2. The van der Waals surface area contributed by atoms with Crippen LogP contribution in [-0.4, -0.2) is 31.3 Å². The van der Waals surface area contributed by atoms with Gasteiger partial charge in [0.15, 0.2) is 0 Å². The van der Waals surface area contributed by atoms with Crippen molar-refractivity contribution in [3.63, 3.8) is 0 Å². The predicted molar refractivity (Wildman–Crippen MR) is 85.4 cm³/mol. The van der Waals surface area contributed by atoms with Crippen molar-refractivity contribution in [2.24, 2.45) is 0 Å². The summed E-state index contributed by atoms with van der Waals surface area (Å²) in [6, 6.07) is 7.94. The number of carbonyl (C=O) groups is 2. The van der Waals surface area contributed by atoms with Crippen LogP contribution in [0.1, 0.15) is 21.5 Å². The largest absolute Gasteiger partial charge is 0.465 e. The van der Waals surface area contributed by atoms with Crippen LogP contribution in [0.4, 0.5) is 15.0 Å². The Morgan fingerprint density at radius 2 is 1.79 bits per heavy atom. The molecule has 0 spiro atoms. The van der Waals surface area contributed by atoms with E-state index >= 15 is 0 Å². The van der Waals surface area contributed by atoms with E-state index in [2.05, 4.69) is 19.8 Å². The summed E-state index contributed by atoms with van der Waals surface area (Å²) in [5.74, 6) is -0.930. The normalized spacial score (nSPS) is 10.1. The second-order valence-corrected chi connectivity index (χ2v) is 4.97. The van der Waals surface area contributed by atoms with Crippen molar-refractivity contribution < 1.29 is 23.5 Å². The number of hydrogen-bond acceptors (Lipinski definition) is 5. The molecule has 126 valence electrons. The number of carbonyl (C=O) groups excluding carboxylic acids is 2. The molecule has 7 heteroatoms. The molecule has 0 atom stereocenters. The molecule has 1 N–H and O–H groups in total. The van der Waals surface area contributed by atoms with Crippen molar-refractivity contribution in [1.82, 2.24) is 4.98 Å². The quantitative estimate of drug-likeness (QED) is 0.852. The van der Waals surface area contributed by atoms with Crippen LogP contribution in [0.2, 0.25) is 0 Å². The van der Waals surface area contributed by atoms with Gasteiger partial charge in [-0.3, -0.25) is 5.32 Å². The van der Waals surface area contributed by atoms with E-state index in [-0.39, 0.29) is 5.56 Å². The Balaban J connectivity index is 2.03. The lowest BCUT2D eigenvalue weighted by Crippen LogP contribution is -2.12. The summed E-state index contributed by atoms with van der Waals surface area (Å²) in [7, 11) is 2.48. The van der Waals surface area contributed by atoms with Gasteiger partial charge in [-0.05, 0) is 48.2 Å². The minimum Gasteiger partial charge on any atom is -0.465 e. The van der Waals surface area contributed by atoms with E-state index in [1.165, 1.54) is 26.4 Å². The molecule has 0 bridgehead atoms. The first-order valence-corrected chi connectivity index (χ1v) is 7.20. The Kier molecular flexibility index (Phi) is 5.83. The summed E-state index contributed by atoms with van der Waals surface area (Å²) >= 11 is 0. The summed E-state index contributed by atoms with van der Waals surface area (Å²) < 4.78 is 22.9. The maximum absolute atomic E-state index is 13.9. The highest BCUT2D eigenvalue weighted by Crippen LogP contribution is 2.15. The summed E-state index contributed by atoms with van der Waals surface area (Å²) in [5, 5.41) is 2.48. The molecule has 0 saturated heterocycles. The van der Waals surface area contributed by atoms with Gasteiger partial charge in [0.25, 0.3) is 0 Å². The zero-order valence-corrected chi connectivity index (χ0v) is 13.3. The third kappa shape index (κ3) is 4.52. The number of nitrogens with zero attached hydrogens (tertiary/aromatic N) is 1. The number of benzene rings is 1. The Labute approximate surface area is 138 Å². The maximum atomic E-state index is 13.9. The van der Waals surface area contributed by atoms with Gasteiger partial charge in [0, 0.05) is 6.20 Å². The molecular formula is C17H17FN2O4. The lowest BCUT2D eigenvalue weighted by atomic mass is 10.0. The van der Waals surface area contributed by atoms with Gasteiger partial charge in [-0.25, -0.2) is 19.0 Å². The molecule has 1 heterocycles. The van der Waals surface area contributed by atoms with Crippen LogP contribution >= 0.6 is 0 Å². The van der Waals surface area contributed by atoms with Gasteiger partial charge in [0.1, 0.15) is 11.6 Å². The highest BCUT2D eigenvalue weighted by molar-refractivity contribution is 5.89. The highest BCUT2D eigenvalue weighted by atomic mass is 19.1. The van der Waals surface area contributed by atoms with E-state index in [0.717, 1.165) is 11.1 Å². The van der Waals surface area contributed by atoms with Gasteiger partial charge >= 0.3 is 12.1 Å². The third-order valence-corrected chi connectivity index (χ3v) is 3.38. The van der Waals surface area contributed by atoms with Gasteiger partial charge in [-0.1, -0.05) is 6.07 Å². The first-order valence-electron chi connectivity index (χ1n) is 7.20.